The van der Waals surface area contributed by atoms with Gasteiger partial charge in [-0.25, -0.2) is 0 Å². The summed E-state index contributed by atoms with van der Waals surface area (Å²) in [4.78, 5) is 0. The first-order valence-corrected chi connectivity index (χ1v) is 2.82. The van der Waals surface area contributed by atoms with E-state index in [1.165, 1.54) is 6.08 Å². The van der Waals surface area contributed by atoms with Gasteiger partial charge in [0.1, 0.15) is 12.2 Å². The maximum Gasteiger partial charge on any atom is 0.106 e. The van der Waals surface area contributed by atoms with Crippen molar-refractivity contribution in [1.82, 2.24) is 0 Å². The Bertz CT molecular complexity index is 90.3. The van der Waals surface area contributed by atoms with Crippen molar-refractivity contribution in [1.29, 1.82) is 0 Å². The second-order valence-corrected chi connectivity index (χ2v) is 1.77. The van der Waals surface area contributed by atoms with E-state index in [1.807, 2.05) is 0 Å². The van der Waals surface area contributed by atoms with Crippen molar-refractivity contribution >= 4 is 0 Å². The summed E-state index contributed by atoms with van der Waals surface area (Å²) in [5, 5.41) is 25.8. The second-order valence-electron chi connectivity index (χ2n) is 1.77. The van der Waals surface area contributed by atoms with Crippen molar-refractivity contribution in [2.45, 2.75) is 19.1 Å². The molecular weight excluding hydrogens is 120 g/mol. The summed E-state index contributed by atoms with van der Waals surface area (Å²) in [6.45, 7) is 1.32. The molecule has 54 valence electrons. The zero-order chi connectivity index (χ0) is 7.28. The number of hydrogen-bond donors (Lipinski definition) is 3. The minimum atomic E-state index is -1.05. The van der Waals surface area contributed by atoms with Crippen LogP contribution >= 0.6 is 0 Å². The van der Waals surface area contributed by atoms with E-state index in [0.29, 0.717) is 0 Å². The standard InChI is InChI=1S/C6H12O3/c1-2-3-5(8)6(9)4-7/h2-3,5-9H,4H2,1H3/b3-2+/t5-,6-/m1/s1. The molecule has 9 heavy (non-hydrogen) atoms. The predicted octanol–water partition coefficient (Wildman–Crippen LogP) is -0.723. The maximum absolute atomic E-state index is 8.82. The fourth-order valence-corrected chi connectivity index (χ4v) is 0.433. The molecule has 0 spiro atoms. The summed E-state index contributed by atoms with van der Waals surface area (Å²) in [6, 6.07) is 0. The molecule has 2 atom stereocenters. The lowest BCUT2D eigenvalue weighted by Crippen LogP contribution is -2.27. The molecule has 0 fully saturated rings. The quantitative estimate of drug-likeness (QED) is 0.444. The van der Waals surface area contributed by atoms with Crippen LogP contribution in [0, 0.1) is 0 Å². The molecule has 0 bridgehead atoms. The highest BCUT2D eigenvalue weighted by Gasteiger charge is 2.09. The first kappa shape index (κ1) is 8.62. The summed E-state index contributed by atoms with van der Waals surface area (Å²) in [5.41, 5.74) is 0. The molecule has 0 saturated carbocycles. The van der Waals surface area contributed by atoms with Crippen LogP contribution < -0.4 is 0 Å². The Balaban J connectivity index is 3.58. The molecule has 3 nitrogen and oxygen atoms in total. The SMILES string of the molecule is C/C=C/[C@@H](O)[C@H](O)CO. The Morgan fingerprint density at radius 2 is 2.00 bits per heavy atom. The maximum atomic E-state index is 8.82. The van der Waals surface area contributed by atoms with Crippen LogP contribution in [0.1, 0.15) is 6.92 Å². The first-order chi connectivity index (χ1) is 4.22. The van der Waals surface area contributed by atoms with Crippen LogP contribution in [0.5, 0.6) is 0 Å². The third-order valence-corrected chi connectivity index (χ3v) is 0.971. The fourth-order valence-electron chi connectivity index (χ4n) is 0.433. The minimum absolute atomic E-state index is 0.411. The summed E-state index contributed by atoms with van der Waals surface area (Å²) < 4.78 is 0. The van der Waals surface area contributed by atoms with Gasteiger partial charge in [-0.2, -0.15) is 0 Å². The van der Waals surface area contributed by atoms with E-state index in [-0.39, 0.29) is 0 Å². The molecular formula is C6H12O3. The molecule has 0 unspecified atom stereocenters. The number of aliphatic hydroxyl groups excluding tert-OH is 3. The number of allylic oxidation sites excluding steroid dienone is 1. The van der Waals surface area contributed by atoms with Gasteiger partial charge in [-0.15, -0.1) is 0 Å². The normalized spacial score (nSPS) is 18.2. The first-order valence-electron chi connectivity index (χ1n) is 2.82. The highest BCUT2D eigenvalue weighted by Crippen LogP contribution is 1.92. The van der Waals surface area contributed by atoms with Crippen molar-refractivity contribution in [3.05, 3.63) is 12.2 Å². The lowest BCUT2D eigenvalue weighted by Gasteiger charge is -2.09. The number of aliphatic hydroxyl groups is 3. The molecule has 0 rings (SSSR count). The predicted molar refractivity (Wildman–Crippen MR) is 33.9 cm³/mol. The molecule has 0 saturated heterocycles. The Labute approximate surface area is 54.3 Å². The summed E-state index contributed by atoms with van der Waals surface area (Å²) >= 11 is 0. The molecule has 0 aromatic heterocycles. The van der Waals surface area contributed by atoms with Gasteiger partial charge >= 0.3 is 0 Å². The van der Waals surface area contributed by atoms with Crippen LogP contribution in [0.3, 0.4) is 0 Å². The molecule has 0 aliphatic carbocycles. The van der Waals surface area contributed by atoms with Crippen molar-refractivity contribution in [3.63, 3.8) is 0 Å². The van der Waals surface area contributed by atoms with Crippen molar-refractivity contribution < 1.29 is 15.3 Å². The summed E-state index contributed by atoms with van der Waals surface area (Å²) in [6.07, 6.45) is 1.03. The van der Waals surface area contributed by atoms with Crippen molar-refractivity contribution in [2.75, 3.05) is 6.61 Å². The minimum Gasteiger partial charge on any atom is -0.394 e. The Hall–Kier alpha value is -0.380. The molecule has 3 N–H and O–H groups in total. The molecule has 0 amide bonds. The average molecular weight is 132 g/mol. The van der Waals surface area contributed by atoms with E-state index in [2.05, 4.69) is 0 Å². The Kier molecular flexibility index (Phi) is 4.30. The van der Waals surface area contributed by atoms with Crippen LogP contribution in [0.25, 0.3) is 0 Å². The smallest absolute Gasteiger partial charge is 0.106 e. The monoisotopic (exact) mass is 132 g/mol. The van der Waals surface area contributed by atoms with E-state index in [4.69, 9.17) is 15.3 Å². The van der Waals surface area contributed by atoms with Gasteiger partial charge in [0.15, 0.2) is 0 Å². The molecule has 3 heteroatoms. The van der Waals surface area contributed by atoms with Gasteiger partial charge in [-0.3, -0.25) is 0 Å². The fraction of sp³-hybridized carbons (Fsp3) is 0.667. The molecule has 0 aliphatic heterocycles. The van der Waals surface area contributed by atoms with Gasteiger partial charge in [0, 0.05) is 0 Å². The van der Waals surface area contributed by atoms with Crippen LogP contribution in [0.2, 0.25) is 0 Å². The molecule has 0 aliphatic rings. The highest BCUT2D eigenvalue weighted by molar-refractivity contribution is 4.89. The number of hydrogen-bond acceptors (Lipinski definition) is 3. The average Bonchev–Trinajstić information content (AvgIpc) is 1.87. The van der Waals surface area contributed by atoms with E-state index in [0.717, 1.165) is 0 Å². The largest absolute Gasteiger partial charge is 0.394 e. The highest BCUT2D eigenvalue weighted by atomic mass is 16.4. The van der Waals surface area contributed by atoms with E-state index < -0.39 is 18.8 Å². The molecule has 0 radical (unpaired) electrons. The Morgan fingerprint density at radius 3 is 2.33 bits per heavy atom. The van der Waals surface area contributed by atoms with Gasteiger partial charge in [-0.05, 0) is 6.92 Å². The molecule has 0 heterocycles. The second kappa shape index (κ2) is 4.49. The topological polar surface area (TPSA) is 60.7 Å². The van der Waals surface area contributed by atoms with Gasteiger partial charge in [0.2, 0.25) is 0 Å². The third-order valence-electron chi connectivity index (χ3n) is 0.971. The zero-order valence-electron chi connectivity index (χ0n) is 5.36. The van der Waals surface area contributed by atoms with Crippen molar-refractivity contribution in [3.8, 4) is 0 Å². The molecule has 0 aromatic carbocycles. The summed E-state index contributed by atoms with van der Waals surface area (Å²) in [7, 11) is 0. The lowest BCUT2D eigenvalue weighted by molar-refractivity contribution is 0.00943. The van der Waals surface area contributed by atoms with Gasteiger partial charge < -0.3 is 15.3 Å². The van der Waals surface area contributed by atoms with Gasteiger partial charge in [0.25, 0.3) is 0 Å². The van der Waals surface area contributed by atoms with E-state index in [9.17, 15) is 0 Å². The Morgan fingerprint density at radius 1 is 1.44 bits per heavy atom. The van der Waals surface area contributed by atoms with Crippen LogP contribution in [0.4, 0.5) is 0 Å². The van der Waals surface area contributed by atoms with E-state index >= 15 is 0 Å². The van der Waals surface area contributed by atoms with Crippen LogP contribution in [-0.2, 0) is 0 Å². The molecule has 0 aromatic rings. The zero-order valence-corrected chi connectivity index (χ0v) is 5.36. The van der Waals surface area contributed by atoms with Gasteiger partial charge in [0.05, 0.1) is 6.61 Å². The van der Waals surface area contributed by atoms with Gasteiger partial charge in [-0.1, -0.05) is 12.2 Å². The van der Waals surface area contributed by atoms with E-state index in [1.54, 1.807) is 13.0 Å². The number of rotatable bonds is 3. The third kappa shape index (κ3) is 3.24. The lowest BCUT2D eigenvalue weighted by atomic mass is 10.2. The van der Waals surface area contributed by atoms with Crippen LogP contribution in [-0.4, -0.2) is 34.1 Å². The summed E-state index contributed by atoms with van der Waals surface area (Å²) in [5.74, 6) is 0. The van der Waals surface area contributed by atoms with Crippen LogP contribution in [0.15, 0.2) is 12.2 Å². The van der Waals surface area contributed by atoms with Crippen molar-refractivity contribution in [2.24, 2.45) is 0 Å².